The van der Waals surface area contributed by atoms with E-state index in [0.717, 1.165) is 16.7 Å². The maximum Gasteiger partial charge on any atom is 2.00 e. The Hall–Kier alpha value is 0.530. The molecule has 0 aliphatic carbocycles. The normalized spacial score (nSPS) is 8.85. The number of rotatable bonds is 11. The van der Waals surface area contributed by atoms with E-state index in [4.69, 9.17) is 15.0 Å². The Balaban J connectivity index is -0.000000209. The first-order chi connectivity index (χ1) is 10.9. The average molecular weight is 434 g/mol. The summed E-state index contributed by atoms with van der Waals surface area (Å²) in [6.07, 6.45) is 0. The Bertz CT molecular complexity index is 409. The molecule has 0 aromatic carbocycles. The quantitative estimate of drug-likeness (QED) is 0.301. The summed E-state index contributed by atoms with van der Waals surface area (Å²) in [4.78, 5) is 52.5. The van der Waals surface area contributed by atoms with Crippen molar-refractivity contribution in [3.8, 4) is 0 Å². The van der Waals surface area contributed by atoms with Crippen molar-refractivity contribution in [3.63, 3.8) is 0 Å². The topological polar surface area (TPSA) is 204 Å². The molecule has 0 aliphatic heterocycles. The molecule has 27 heavy (non-hydrogen) atoms. The van der Waals surface area contributed by atoms with Gasteiger partial charge in [0.15, 0.2) is 0 Å². The second-order valence-electron chi connectivity index (χ2n) is 4.42. The molecule has 12 nitrogen and oxygen atoms in total. The van der Waals surface area contributed by atoms with Crippen LogP contribution in [0.4, 0.5) is 0 Å². The van der Waals surface area contributed by atoms with Crippen LogP contribution < -0.4 is 79.5 Å². The zero-order valence-corrected chi connectivity index (χ0v) is 21.7. The standard InChI is InChI=1S/C10H16N2O8.C2H4O2.Ca.2Na/c13-7(14)3-11(4-8(15)16)1-2-12(5-9(17)18)6-10(19)20;1-2(3)4;;;/h1-6H2,(H,13,14)(H,15,16)(H,17,18)(H,19,20);1H3,(H,3,4);;;/q;;+2;2*+1/p-4. The number of hydrogen-bond donors (Lipinski definition) is 1. The van der Waals surface area contributed by atoms with E-state index in [1.165, 1.54) is 0 Å². The molecule has 0 heterocycles. The second kappa shape index (κ2) is 22.8. The monoisotopic (exact) mass is 434 g/mol. The largest absolute Gasteiger partial charge is 2.00 e. The van der Waals surface area contributed by atoms with Gasteiger partial charge in [0.2, 0.25) is 0 Å². The third-order valence-electron chi connectivity index (χ3n) is 2.15. The zero-order valence-electron chi connectivity index (χ0n) is 15.5. The molecule has 1 N–H and O–H groups in total. The van der Waals surface area contributed by atoms with Crippen LogP contribution in [0.15, 0.2) is 0 Å². The average Bonchev–Trinajstić information content (AvgIpc) is 2.32. The van der Waals surface area contributed by atoms with Gasteiger partial charge in [-0.05, 0) is 6.92 Å². The Kier molecular flexibility index (Phi) is 32.3. The van der Waals surface area contributed by atoms with Crippen molar-refractivity contribution < 1.29 is 109 Å². The molecule has 138 valence electrons. The summed E-state index contributed by atoms with van der Waals surface area (Å²) in [5, 5.41) is 48.7. The van der Waals surface area contributed by atoms with Gasteiger partial charge in [0.25, 0.3) is 0 Å². The second-order valence-corrected chi connectivity index (χ2v) is 4.42. The van der Waals surface area contributed by atoms with E-state index < -0.39 is 56.0 Å². The van der Waals surface area contributed by atoms with Crippen LogP contribution in [-0.2, 0) is 24.0 Å². The zero-order chi connectivity index (χ0) is 19.3. The van der Waals surface area contributed by atoms with Crippen LogP contribution in [0, 0.1) is 0 Å². The molecule has 0 aliphatic rings. The summed E-state index contributed by atoms with van der Waals surface area (Å²) in [7, 11) is 0. The van der Waals surface area contributed by atoms with Crippen molar-refractivity contribution in [2.75, 3.05) is 39.3 Å². The number of carbonyl (C=O) groups is 5. The molecule has 0 aromatic rings. The summed E-state index contributed by atoms with van der Waals surface area (Å²) in [6.45, 7) is -2.03. The first kappa shape index (κ1) is 38.2. The minimum absolute atomic E-state index is 0. The van der Waals surface area contributed by atoms with Crippen LogP contribution >= 0.6 is 0 Å². The van der Waals surface area contributed by atoms with Gasteiger partial charge in [-0.3, -0.25) is 14.6 Å². The predicted octanol–water partition coefficient (Wildman–Crippen LogP) is -13.7. The molecule has 0 radical (unpaired) electrons. The number of carboxylic acids is 5. The number of nitrogens with zero attached hydrogens (tertiary/aromatic N) is 2. The van der Waals surface area contributed by atoms with Gasteiger partial charge in [-0.2, -0.15) is 0 Å². The van der Waals surface area contributed by atoms with Crippen molar-refractivity contribution in [1.82, 2.24) is 9.80 Å². The Morgan fingerprint density at radius 2 is 0.926 bits per heavy atom. The minimum Gasteiger partial charge on any atom is -0.550 e. The molecule has 0 rings (SSSR count). The first-order valence-electron chi connectivity index (χ1n) is 6.37. The van der Waals surface area contributed by atoms with Crippen molar-refractivity contribution >= 4 is 67.6 Å². The number of aliphatic carboxylic acids is 5. The van der Waals surface area contributed by atoms with E-state index in [2.05, 4.69) is 0 Å². The smallest absolute Gasteiger partial charge is 0.550 e. The molecule has 0 fully saturated rings. The van der Waals surface area contributed by atoms with E-state index >= 15 is 0 Å². The molecular formula is C12H16CaN2Na2O10. The van der Waals surface area contributed by atoms with Crippen LogP contribution in [0.2, 0.25) is 0 Å². The van der Waals surface area contributed by atoms with E-state index in [1.807, 2.05) is 0 Å². The van der Waals surface area contributed by atoms with Gasteiger partial charge in [-0.25, -0.2) is 0 Å². The number of carbonyl (C=O) groups excluding carboxylic acids is 4. The van der Waals surface area contributed by atoms with Gasteiger partial charge in [0.1, 0.15) is 0 Å². The van der Waals surface area contributed by atoms with Crippen LogP contribution in [0.25, 0.3) is 0 Å². The van der Waals surface area contributed by atoms with E-state index in [9.17, 15) is 34.5 Å². The van der Waals surface area contributed by atoms with Crippen molar-refractivity contribution in [2.45, 2.75) is 6.92 Å². The summed E-state index contributed by atoms with van der Waals surface area (Å²) < 4.78 is 0. The van der Waals surface area contributed by atoms with Crippen LogP contribution in [-0.4, -0.2) is 122 Å². The summed E-state index contributed by atoms with van der Waals surface area (Å²) in [5.74, 6) is -6.90. The predicted molar refractivity (Wildman–Crippen MR) is 72.0 cm³/mol. The van der Waals surface area contributed by atoms with E-state index in [-0.39, 0.29) is 110 Å². The number of hydrogen-bond acceptors (Lipinski definition) is 11. The summed E-state index contributed by atoms with van der Waals surface area (Å²) in [5.41, 5.74) is 0. The fourth-order valence-corrected chi connectivity index (χ4v) is 1.45. The van der Waals surface area contributed by atoms with Crippen molar-refractivity contribution in [1.29, 1.82) is 0 Å². The fraction of sp³-hybridized carbons (Fsp3) is 0.583. The molecule has 0 saturated carbocycles. The first-order valence-corrected chi connectivity index (χ1v) is 6.37. The SMILES string of the molecule is CC(=O)[O-].O=C([O-])CN(CCN(CC(=O)[O-])CC(=O)O)CC(=O)[O-].[Ca+2].[Na+].[Na+]. The fourth-order valence-electron chi connectivity index (χ4n) is 1.45. The Morgan fingerprint density at radius 3 is 1.11 bits per heavy atom. The summed E-state index contributed by atoms with van der Waals surface area (Å²) in [6, 6.07) is 0. The van der Waals surface area contributed by atoms with Crippen LogP contribution in [0.5, 0.6) is 0 Å². The van der Waals surface area contributed by atoms with Gasteiger partial charge < -0.3 is 44.7 Å². The Morgan fingerprint density at radius 1 is 0.704 bits per heavy atom. The maximum atomic E-state index is 10.5. The molecule has 0 bridgehead atoms. The van der Waals surface area contributed by atoms with E-state index in [1.54, 1.807) is 0 Å². The third kappa shape index (κ3) is 34.4. The van der Waals surface area contributed by atoms with Gasteiger partial charge in [0, 0.05) is 38.7 Å². The van der Waals surface area contributed by atoms with E-state index in [0.29, 0.717) is 0 Å². The minimum atomic E-state index is -1.52. The molecule has 0 atom stereocenters. The third-order valence-corrected chi connectivity index (χ3v) is 2.15. The maximum absolute atomic E-state index is 10.5. The number of carboxylic acid groups (broad SMARTS) is 5. The van der Waals surface area contributed by atoms with Crippen molar-refractivity contribution in [3.05, 3.63) is 0 Å². The van der Waals surface area contributed by atoms with Crippen LogP contribution in [0.3, 0.4) is 0 Å². The van der Waals surface area contributed by atoms with Gasteiger partial charge in [-0.1, -0.05) is 0 Å². The molecule has 0 aromatic heterocycles. The molecular weight excluding hydrogens is 418 g/mol. The summed E-state index contributed by atoms with van der Waals surface area (Å²) >= 11 is 0. The van der Waals surface area contributed by atoms with Crippen molar-refractivity contribution in [2.24, 2.45) is 0 Å². The van der Waals surface area contributed by atoms with Gasteiger partial charge in [0.05, 0.1) is 24.5 Å². The molecule has 0 amide bonds. The molecule has 0 unspecified atom stereocenters. The van der Waals surface area contributed by atoms with Crippen LogP contribution in [0.1, 0.15) is 6.92 Å². The molecule has 15 heteroatoms. The molecule has 0 spiro atoms. The molecule has 0 saturated heterocycles. The van der Waals surface area contributed by atoms with Gasteiger partial charge in [-0.15, -0.1) is 0 Å². The Labute approximate surface area is 229 Å². The van der Waals surface area contributed by atoms with Gasteiger partial charge >= 0.3 is 103 Å².